The first kappa shape index (κ1) is 37.7. The van der Waals surface area contributed by atoms with Crippen molar-refractivity contribution in [3.63, 3.8) is 0 Å². The van der Waals surface area contributed by atoms with Crippen LogP contribution in [0.4, 0.5) is 0 Å². The maximum Gasteiger partial charge on any atom is 0.306 e. The van der Waals surface area contributed by atoms with Gasteiger partial charge in [-0.05, 0) is 128 Å². The van der Waals surface area contributed by atoms with Gasteiger partial charge < -0.3 is 20.6 Å². The Morgan fingerprint density at radius 2 is 1.60 bits per heavy atom. The van der Waals surface area contributed by atoms with Gasteiger partial charge in [-0.2, -0.15) is 0 Å². The number of aliphatic carboxylic acids is 1. The fraction of sp³-hybridized carbons (Fsp3) is 0.854. The lowest BCUT2D eigenvalue weighted by Crippen LogP contribution is -2.62. The number of allylic oxidation sites excluding steroid dienone is 2. The summed E-state index contributed by atoms with van der Waals surface area (Å²) in [6.45, 7) is 15.7. The van der Waals surface area contributed by atoms with E-state index in [-0.39, 0.29) is 76.3 Å². The summed E-state index contributed by atoms with van der Waals surface area (Å²) < 4.78 is 0. The molecule has 0 aromatic heterocycles. The number of carboxylic acid groups (broad SMARTS) is 1. The Kier molecular flexibility index (Phi) is 9.63. The minimum absolute atomic E-state index is 0.00827. The molecule has 11 atom stereocenters. The van der Waals surface area contributed by atoms with E-state index in [2.05, 4.69) is 52.2 Å². The summed E-state index contributed by atoms with van der Waals surface area (Å²) >= 11 is 0. The molecule has 0 bridgehead atoms. The van der Waals surface area contributed by atoms with Crippen molar-refractivity contribution >= 4 is 23.4 Å². The van der Waals surface area contributed by atoms with Gasteiger partial charge in [-0.3, -0.25) is 24.5 Å². The summed E-state index contributed by atoms with van der Waals surface area (Å²) in [5.74, 6) is -1.17. The molecule has 0 aliphatic heterocycles. The van der Waals surface area contributed by atoms with Crippen molar-refractivity contribution in [3.8, 4) is 0 Å². The number of aliphatic hydroxyl groups is 2. The van der Waals surface area contributed by atoms with E-state index in [4.69, 9.17) is 0 Å². The molecular formula is C41H64N2O7. The molecule has 9 heteroatoms. The van der Waals surface area contributed by atoms with Gasteiger partial charge in [-0.25, -0.2) is 0 Å². The molecule has 6 aliphatic carbocycles. The summed E-state index contributed by atoms with van der Waals surface area (Å²) in [4.78, 5) is 52.3. The number of carbonyl (C=O) groups excluding carboxylic acids is 3. The largest absolute Gasteiger partial charge is 0.481 e. The maximum absolute atomic E-state index is 13.8. The van der Waals surface area contributed by atoms with E-state index in [0.29, 0.717) is 42.9 Å². The van der Waals surface area contributed by atoms with Gasteiger partial charge >= 0.3 is 5.97 Å². The number of hydrogen-bond acceptors (Lipinski definition) is 7. The van der Waals surface area contributed by atoms with E-state index >= 15 is 0 Å². The molecule has 0 spiro atoms. The van der Waals surface area contributed by atoms with Gasteiger partial charge in [-0.1, -0.05) is 54.0 Å². The van der Waals surface area contributed by atoms with Crippen molar-refractivity contribution in [2.75, 3.05) is 13.6 Å². The molecule has 0 aromatic carbocycles. The number of carboxylic acids is 1. The van der Waals surface area contributed by atoms with Crippen LogP contribution in [0, 0.1) is 74.9 Å². The number of ketones is 2. The van der Waals surface area contributed by atoms with E-state index in [1.54, 1.807) is 0 Å². The lowest BCUT2D eigenvalue weighted by molar-refractivity contribution is -0.193. The number of Topliss-reactive ketones (excluding diaryl/α,β-unsaturated/α-hetero) is 2. The molecule has 11 unspecified atom stereocenters. The smallest absolute Gasteiger partial charge is 0.306 e. The zero-order valence-corrected chi connectivity index (χ0v) is 31.9. The third-order valence-electron chi connectivity index (χ3n) is 16.4. The summed E-state index contributed by atoms with van der Waals surface area (Å²) in [6.07, 6.45) is 9.94. The van der Waals surface area contributed by atoms with E-state index in [0.717, 1.165) is 56.9 Å². The van der Waals surface area contributed by atoms with Crippen molar-refractivity contribution in [3.05, 3.63) is 11.1 Å². The van der Waals surface area contributed by atoms with Crippen molar-refractivity contribution in [2.24, 2.45) is 74.9 Å². The first-order valence-electron chi connectivity index (χ1n) is 19.7. The Hall–Kier alpha value is -2.10. The highest BCUT2D eigenvalue weighted by Gasteiger charge is 2.66. The quantitative estimate of drug-likeness (QED) is 0.178. The van der Waals surface area contributed by atoms with E-state index < -0.39 is 17.3 Å². The Labute approximate surface area is 299 Å². The molecule has 5 N–H and O–H groups in total. The molecular weight excluding hydrogens is 632 g/mol. The predicted molar refractivity (Wildman–Crippen MR) is 190 cm³/mol. The zero-order valence-electron chi connectivity index (χ0n) is 31.9. The van der Waals surface area contributed by atoms with Gasteiger partial charge in [0, 0.05) is 30.6 Å². The summed E-state index contributed by atoms with van der Waals surface area (Å²) in [6, 6.07) is 0. The predicted octanol–water partition coefficient (Wildman–Crippen LogP) is 5.87. The second kappa shape index (κ2) is 12.8. The van der Waals surface area contributed by atoms with E-state index in [1.807, 2.05) is 6.92 Å². The Bertz CT molecular complexity index is 1450. The van der Waals surface area contributed by atoms with Crippen LogP contribution in [0.2, 0.25) is 0 Å². The molecule has 0 saturated heterocycles. The lowest BCUT2D eigenvalue weighted by atomic mass is 9.35. The van der Waals surface area contributed by atoms with Crippen molar-refractivity contribution in [2.45, 2.75) is 131 Å². The Morgan fingerprint density at radius 1 is 0.920 bits per heavy atom. The van der Waals surface area contributed by atoms with Crippen molar-refractivity contribution in [1.29, 1.82) is 0 Å². The van der Waals surface area contributed by atoms with Gasteiger partial charge in [0.05, 0.1) is 12.5 Å². The third-order valence-corrected chi connectivity index (χ3v) is 16.4. The highest BCUT2D eigenvalue weighted by Crippen LogP contribution is 2.74. The number of likely N-dealkylation sites (N-methyl/N-ethyl adjacent to an activating group) is 1. The number of hydrogen-bond donors (Lipinski definition) is 5. The minimum atomic E-state index is -2.19. The van der Waals surface area contributed by atoms with Crippen molar-refractivity contribution in [1.82, 2.24) is 10.6 Å². The number of fused-ring (bicyclic) bond motifs is 7. The Balaban J connectivity index is 1.22. The zero-order chi connectivity index (χ0) is 36.8. The molecule has 9 nitrogen and oxygen atoms in total. The van der Waals surface area contributed by atoms with Crippen LogP contribution < -0.4 is 10.6 Å². The van der Waals surface area contributed by atoms with Crippen LogP contribution in [-0.4, -0.2) is 58.3 Å². The van der Waals surface area contributed by atoms with Gasteiger partial charge in [0.2, 0.25) is 11.8 Å². The highest BCUT2D eigenvalue weighted by molar-refractivity contribution is 6.01. The maximum atomic E-state index is 13.8. The second-order valence-electron chi connectivity index (χ2n) is 19.2. The normalized spacial score (nSPS) is 42.2. The SMILES string of the molecule is CNC(O)(O)CNC(=O)CC12CCC3C(CCC4C3(C)CCC3C(C)(C)C(CC(=O)C5CC(C(=O)O)C5C)CCC34C)C1=C(C(C)C)C(=O)C2. The summed E-state index contributed by atoms with van der Waals surface area (Å²) in [5, 5.41) is 34.6. The number of nitrogens with one attached hydrogen (secondary N) is 2. The van der Waals surface area contributed by atoms with Crippen LogP contribution in [0.15, 0.2) is 11.1 Å². The molecule has 280 valence electrons. The van der Waals surface area contributed by atoms with Crippen LogP contribution in [-0.2, 0) is 19.2 Å². The first-order valence-corrected chi connectivity index (χ1v) is 19.7. The number of rotatable bonds is 10. The molecule has 0 aromatic rings. The van der Waals surface area contributed by atoms with Crippen LogP contribution in [0.25, 0.3) is 0 Å². The number of amides is 1. The van der Waals surface area contributed by atoms with Gasteiger partial charge in [0.15, 0.2) is 5.78 Å². The number of carbonyl (C=O) groups is 4. The van der Waals surface area contributed by atoms with Gasteiger partial charge in [0.25, 0.3) is 0 Å². The molecule has 6 rings (SSSR count). The topological polar surface area (TPSA) is 153 Å². The molecule has 5 fully saturated rings. The van der Waals surface area contributed by atoms with Crippen LogP contribution in [0.3, 0.4) is 0 Å². The molecule has 50 heavy (non-hydrogen) atoms. The van der Waals surface area contributed by atoms with E-state index in [9.17, 15) is 34.5 Å². The van der Waals surface area contributed by atoms with Crippen LogP contribution >= 0.6 is 0 Å². The monoisotopic (exact) mass is 696 g/mol. The van der Waals surface area contributed by atoms with Gasteiger partial charge in [0.1, 0.15) is 5.78 Å². The average Bonchev–Trinajstić information content (AvgIpc) is 3.32. The fourth-order valence-corrected chi connectivity index (χ4v) is 13.7. The van der Waals surface area contributed by atoms with Gasteiger partial charge in [-0.15, -0.1) is 0 Å². The van der Waals surface area contributed by atoms with E-state index in [1.165, 1.54) is 12.6 Å². The summed E-state index contributed by atoms with van der Waals surface area (Å²) in [7, 11) is 1.42. The molecule has 0 radical (unpaired) electrons. The molecule has 5 saturated carbocycles. The second-order valence-corrected chi connectivity index (χ2v) is 19.2. The first-order chi connectivity index (χ1) is 23.2. The van der Waals surface area contributed by atoms with Crippen molar-refractivity contribution < 1.29 is 34.5 Å². The molecule has 0 heterocycles. The third kappa shape index (κ3) is 5.84. The van der Waals surface area contributed by atoms with Crippen LogP contribution in [0.5, 0.6) is 0 Å². The average molecular weight is 697 g/mol. The van der Waals surface area contributed by atoms with Crippen LogP contribution in [0.1, 0.15) is 126 Å². The molecule has 6 aliphatic rings. The fourth-order valence-electron chi connectivity index (χ4n) is 13.7. The standard InChI is InChI=1S/C41H64N2O7/c1-22(2)34-30(45)19-40(20-33(46)43-21-41(49,50)42-8)16-12-28-25(35(34)40)9-10-32-38(28,6)15-13-31-37(4,5)24(11-14-39(31,32)7)17-29(44)26-18-27(23(26)3)36(47)48/h22-28,31-32,42,49-50H,9-21H2,1-8H3,(H,43,46)(H,47,48). The summed E-state index contributed by atoms with van der Waals surface area (Å²) in [5.41, 5.74) is 1.98. The lowest BCUT2D eigenvalue weighted by Gasteiger charge is -2.69. The highest BCUT2D eigenvalue weighted by atomic mass is 16.5. The Morgan fingerprint density at radius 3 is 2.22 bits per heavy atom. The molecule has 1 amide bonds. The minimum Gasteiger partial charge on any atom is -0.481 e.